The van der Waals surface area contributed by atoms with E-state index in [4.69, 9.17) is 4.74 Å². The Morgan fingerprint density at radius 3 is 2.32 bits per heavy atom. The van der Waals surface area contributed by atoms with Crippen LogP contribution >= 0.6 is 0 Å². The maximum atomic E-state index is 13.5. The number of carbonyl (C=O) groups excluding carboxylic acids is 3. The Kier molecular flexibility index (Phi) is 8.49. The summed E-state index contributed by atoms with van der Waals surface area (Å²) in [5, 5.41) is 8.68. The highest BCUT2D eigenvalue weighted by molar-refractivity contribution is 5.95. The molecule has 1 aliphatic heterocycles. The number of halogens is 3. The van der Waals surface area contributed by atoms with Crippen molar-refractivity contribution in [3.8, 4) is 5.69 Å². The normalized spacial score (nSPS) is 18.3. The zero-order valence-corrected chi connectivity index (χ0v) is 21.3. The lowest BCUT2D eigenvalue weighted by Crippen LogP contribution is -2.49. The third-order valence-electron chi connectivity index (χ3n) is 5.83. The Bertz CT molecular complexity index is 1110. The lowest BCUT2D eigenvalue weighted by molar-refractivity contribution is -0.141. The van der Waals surface area contributed by atoms with Gasteiger partial charge in [0.1, 0.15) is 5.60 Å². The maximum absolute atomic E-state index is 13.5. The summed E-state index contributed by atoms with van der Waals surface area (Å²) in [4.78, 5) is 39.1. The third kappa shape index (κ3) is 7.46. The summed E-state index contributed by atoms with van der Waals surface area (Å²) in [5.74, 6) is -1.51. The molecule has 0 bridgehead atoms. The van der Waals surface area contributed by atoms with Gasteiger partial charge in [0.2, 0.25) is 5.91 Å². The topological polar surface area (TPSA) is 106 Å². The maximum Gasteiger partial charge on any atom is 0.435 e. The molecule has 37 heavy (non-hydrogen) atoms. The molecule has 2 unspecified atom stereocenters. The van der Waals surface area contributed by atoms with E-state index >= 15 is 0 Å². The van der Waals surface area contributed by atoms with Gasteiger partial charge in [-0.2, -0.15) is 18.3 Å². The second-order valence-corrected chi connectivity index (χ2v) is 9.96. The molecule has 3 amide bonds. The summed E-state index contributed by atoms with van der Waals surface area (Å²) in [6.07, 6.45) is -3.30. The summed E-state index contributed by atoms with van der Waals surface area (Å²) in [6, 6.07) is 7.96. The number of likely N-dealkylation sites (tertiary alicyclic amines) is 1. The number of ether oxygens (including phenoxy) is 1. The van der Waals surface area contributed by atoms with Crippen LogP contribution in [0.25, 0.3) is 5.69 Å². The van der Waals surface area contributed by atoms with Gasteiger partial charge >= 0.3 is 12.3 Å². The lowest BCUT2D eigenvalue weighted by atomic mass is 9.91. The van der Waals surface area contributed by atoms with Crippen LogP contribution in [0.15, 0.2) is 36.5 Å². The zero-order chi connectivity index (χ0) is 27.4. The molecule has 0 saturated carbocycles. The van der Waals surface area contributed by atoms with Gasteiger partial charge in [-0.15, -0.1) is 0 Å². The number of nitrogens with zero attached hydrogens (tertiary/aromatic N) is 3. The second-order valence-electron chi connectivity index (χ2n) is 9.96. The van der Waals surface area contributed by atoms with Gasteiger partial charge in [-0.1, -0.05) is 18.2 Å². The fraction of sp³-hybridized carbons (Fsp3) is 0.520. The fourth-order valence-electron chi connectivity index (χ4n) is 4.07. The van der Waals surface area contributed by atoms with Crippen LogP contribution in [0.5, 0.6) is 0 Å². The van der Waals surface area contributed by atoms with E-state index in [9.17, 15) is 27.6 Å². The van der Waals surface area contributed by atoms with E-state index in [-0.39, 0.29) is 31.0 Å². The van der Waals surface area contributed by atoms with Crippen molar-refractivity contribution in [2.24, 2.45) is 5.92 Å². The largest absolute Gasteiger partial charge is 0.444 e. The molecule has 202 valence electrons. The van der Waals surface area contributed by atoms with Crippen LogP contribution in [0.2, 0.25) is 0 Å². The highest BCUT2D eigenvalue weighted by Crippen LogP contribution is 2.31. The highest BCUT2D eigenvalue weighted by atomic mass is 19.4. The summed E-state index contributed by atoms with van der Waals surface area (Å²) >= 11 is 0. The number of nitrogens with one attached hydrogen (secondary N) is 2. The van der Waals surface area contributed by atoms with Crippen LogP contribution < -0.4 is 10.6 Å². The van der Waals surface area contributed by atoms with Crippen molar-refractivity contribution in [2.75, 3.05) is 19.6 Å². The van der Waals surface area contributed by atoms with Gasteiger partial charge in [-0.05, 0) is 52.7 Å². The van der Waals surface area contributed by atoms with Gasteiger partial charge in [0.15, 0.2) is 5.69 Å². The number of carbonyl (C=O) groups is 3. The van der Waals surface area contributed by atoms with Crippen LogP contribution in [0.4, 0.5) is 18.0 Å². The second kappa shape index (κ2) is 11.2. The Balaban J connectivity index is 1.51. The highest BCUT2D eigenvalue weighted by Gasteiger charge is 2.39. The average Bonchev–Trinajstić information content (AvgIpc) is 3.27. The molecular formula is C25H32F3N5O4. The van der Waals surface area contributed by atoms with E-state index in [1.165, 1.54) is 0 Å². The van der Waals surface area contributed by atoms with E-state index in [1.54, 1.807) is 56.0 Å². The molecule has 12 heteroatoms. The molecule has 1 saturated heterocycles. The third-order valence-corrected chi connectivity index (χ3v) is 5.83. The van der Waals surface area contributed by atoms with E-state index in [0.29, 0.717) is 25.1 Å². The predicted octanol–water partition coefficient (Wildman–Crippen LogP) is 3.77. The number of aromatic nitrogens is 2. The molecule has 0 aliphatic carbocycles. The van der Waals surface area contributed by atoms with Gasteiger partial charge in [0.05, 0.1) is 11.3 Å². The van der Waals surface area contributed by atoms with E-state index < -0.39 is 35.0 Å². The smallest absolute Gasteiger partial charge is 0.435 e. The summed E-state index contributed by atoms with van der Waals surface area (Å²) in [7, 11) is 0. The number of alkyl halides is 3. The Hall–Kier alpha value is -3.57. The number of rotatable bonds is 6. The van der Waals surface area contributed by atoms with Gasteiger partial charge in [0, 0.05) is 37.8 Å². The first-order valence-electron chi connectivity index (χ1n) is 12.0. The van der Waals surface area contributed by atoms with Crippen LogP contribution in [-0.4, -0.2) is 63.9 Å². The first-order valence-corrected chi connectivity index (χ1v) is 12.0. The molecule has 0 spiro atoms. The summed E-state index contributed by atoms with van der Waals surface area (Å²) < 4.78 is 46.9. The molecule has 9 nitrogen and oxygen atoms in total. The summed E-state index contributed by atoms with van der Waals surface area (Å²) in [5.41, 5.74) is -2.13. The minimum Gasteiger partial charge on any atom is -0.444 e. The van der Waals surface area contributed by atoms with E-state index in [2.05, 4.69) is 15.7 Å². The Morgan fingerprint density at radius 2 is 1.73 bits per heavy atom. The van der Waals surface area contributed by atoms with E-state index in [0.717, 1.165) is 10.9 Å². The molecule has 1 aliphatic rings. The van der Waals surface area contributed by atoms with Crippen LogP contribution in [0, 0.1) is 5.92 Å². The van der Waals surface area contributed by atoms with E-state index in [1.807, 2.05) is 6.92 Å². The zero-order valence-electron chi connectivity index (χ0n) is 21.3. The number of hydrogen-bond donors (Lipinski definition) is 2. The average molecular weight is 524 g/mol. The van der Waals surface area contributed by atoms with Crippen molar-refractivity contribution in [2.45, 2.75) is 58.4 Å². The standard InChI is InChI=1S/C25H32F3N5O4/c1-16-14-17(10-13-32(16)23(36)37-24(2,3)4)21(34)29-11-12-30-22(35)19-15-33(18-8-6-5-7-9-18)31-20(19)25(26,27)28/h5-9,15-17H,10-14H2,1-4H3,(H,29,34)(H,30,35). The molecule has 2 heterocycles. The molecule has 2 N–H and O–H groups in total. The number of para-hydroxylation sites is 1. The monoisotopic (exact) mass is 523 g/mol. The van der Waals surface area contributed by atoms with Crippen LogP contribution in [-0.2, 0) is 15.7 Å². The predicted molar refractivity (Wildman–Crippen MR) is 129 cm³/mol. The van der Waals surface area contributed by atoms with Gasteiger partial charge in [0.25, 0.3) is 5.91 Å². The van der Waals surface area contributed by atoms with Gasteiger partial charge < -0.3 is 20.3 Å². The molecule has 3 rings (SSSR count). The molecule has 1 aromatic heterocycles. The van der Waals surface area contributed by atoms with Crippen molar-refractivity contribution in [1.82, 2.24) is 25.3 Å². The molecule has 0 radical (unpaired) electrons. The van der Waals surface area contributed by atoms with Crippen molar-refractivity contribution in [3.63, 3.8) is 0 Å². The Morgan fingerprint density at radius 1 is 1.08 bits per heavy atom. The SMILES string of the molecule is CC1CC(C(=O)NCCNC(=O)c2cn(-c3ccccc3)nc2C(F)(F)F)CCN1C(=O)OC(C)(C)C. The van der Waals surface area contributed by atoms with Crippen molar-refractivity contribution in [1.29, 1.82) is 0 Å². The lowest BCUT2D eigenvalue weighted by Gasteiger charge is -2.37. The van der Waals surface area contributed by atoms with Gasteiger partial charge in [-0.25, -0.2) is 9.48 Å². The molecule has 1 aromatic carbocycles. The molecule has 2 atom stereocenters. The summed E-state index contributed by atoms with van der Waals surface area (Å²) in [6.45, 7) is 7.55. The molecule has 1 fully saturated rings. The van der Waals surface area contributed by atoms with Gasteiger partial charge in [-0.3, -0.25) is 9.59 Å². The molecule has 2 aromatic rings. The molecular weight excluding hydrogens is 491 g/mol. The van der Waals surface area contributed by atoms with Crippen molar-refractivity contribution in [3.05, 3.63) is 47.8 Å². The van der Waals surface area contributed by atoms with Crippen molar-refractivity contribution < 1.29 is 32.3 Å². The van der Waals surface area contributed by atoms with Crippen molar-refractivity contribution >= 4 is 17.9 Å². The fourth-order valence-corrected chi connectivity index (χ4v) is 4.07. The first-order chi connectivity index (χ1) is 17.3. The minimum atomic E-state index is -4.81. The van der Waals surface area contributed by atoms with Crippen LogP contribution in [0.3, 0.4) is 0 Å². The Labute approximate surface area is 213 Å². The quantitative estimate of drug-likeness (QED) is 0.561. The number of benzene rings is 1. The number of piperidine rings is 1. The minimum absolute atomic E-state index is 0.0411. The first kappa shape index (κ1) is 28.0. The van der Waals surface area contributed by atoms with Crippen LogP contribution in [0.1, 0.15) is 56.6 Å². The number of amides is 3. The number of hydrogen-bond acceptors (Lipinski definition) is 5.